The third kappa shape index (κ3) is 3.88. The molecule has 0 aliphatic rings. The second-order valence-electron chi connectivity index (χ2n) is 5.48. The zero-order valence-electron chi connectivity index (χ0n) is 14.3. The molecular formula is C18H20N2O4S. The minimum absolute atomic E-state index is 0.164. The Morgan fingerprint density at radius 3 is 2.40 bits per heavy atom. The first-order valence-corrected chi connectivity index (χ1v) is 8.59. The maximum atomic E-state index is 12.7. The molecule has 0 saturated carbocycles. The number of nitrogens with two attached hydrogens (primary N) is 1. The van der Waals surface area contributed by atoms with Crippen molar-refractivity contribution < 1.29 is 19.1 Å². The number of hydrogen-bond acceptors (Lipinski definition) is 5. The highest BCUT2D eigenvalue weighted by molar-refractivity contribution is 7.18. The number of primary amides is 1. The van der Waals surface area contributed by atoms with E-state index in [0.717, 1.165) is 16.9 Å². The first kappa shape index (κ1) is 18.7. The van der Waals surface area contributed by atoms with Crippen LogP contribution in [-0.2, 0) is 9.53 Å². The summed E-state index contributed by atoms with van der Waals surface area (Å²) in [4.78, 5) is 36.6. The molecule has 2 amide bonds. The van der Waals surface area contributed by atoms with E-state index < -0.39 is 11.9 Å². The predicted molar refractivity (Wildman–Crippen MR) is 97.0 cm³/mol. The summed E-state index contributed by atoms with van der Waals surface area (Å²) in [5.74, 6) is -1.89. The molecule has 1 atom stereocenters. The van der Waals surface area contributed by atoms with Crippen molar-refractivity contribution in [2.24, 2.45) is 5.73 Å². The maximum absolute atomic E-state index is 12.7. The third-order valence-electron chi connectivity index (χ3n) is 3.92. The summed E-state index contributed by atoms with van der Waals surface area (Å²) in [7, 11) is 1.24. The summed E-state index contributed by atoms with van der Waals surface area (Å²) in [6.45, 7) is 3.51. The van der Waals surface area contributed by atoms with Crippen molar-refractivity contribution in [3.05, 3.63) is 51.9 Å². The fourth-order valence-corrected chi connectivity index (χ4v) is 3.69. The van der Waals surface area contributed by atoms with Crippen molar-refractivity contribution in [1.82, 2.24) is 0 Å². The topological polar surface area (TPSA) is 98.5 Å². The van der Waals surface area contributed by atoms with E-state index in [2.05, 4.69) is 5.32 Å². The van der Waals surface area contributed by atoms with Gasteiger partial charge in [-0.3, -0.25) is 9.59 Å². The summed E-state index contributed by atoms with van der Waals surface area (Å²) in [6, 6.07) is 9.37. The summed E-state index contributed by atoms with van der Waals surface area (Å²) < 4.78 is 4.77. The van der Waals surface area contributed by atoms with Crippen LogP contribution in [0.3, 0.4) is 0 Å². The number of carbonyl (C=O) groups is 3. The molecule has 1 aromatic carbocycles. The van der Waals surface area contributed by atoms with E-state index in [4.69, 9.17) is 10.5 Å². The van der Waals surface area contributed by atoms with E-state index in [-0.39, 0.29) is 27.3 Å². The zero-order valence-corrected chi connectivity index (χ0v) is 15.1. The lowest BCUT2D eigenvalue weighted by Gasteiger charge is -2.15. The maximum Gasteiger partial charge on any atom is 0.341 e. The first-order chi connectivity index (χ1) is 11.9. The van der Waals surface area contributed by atoms with Crippen LogP contribution >= 0.6 is 11.3 Å². The number of carbonyl (C=O) groups excluding carboxylic acids is 3. The molecule has 2 rings (SSSR count). The lowest BCUT2D eigenvalue weighted by molar-refractivity contribution is -0.117. The molecule has 0 aliphatic heterocycles. The zero-order chi connectivity index (χ0) is 18.6. The number of rotatable bonds is 6. The molecule has 0 aliphatic carbocycles. The molecule has 0 saturated heterocycles. The highest BCUT2D eigenvalue weighted by Gasteiger charge is 2.27. The molecule has 6 nitrogen and oxygen atoms in total. The molecule has 0 radical (unpaired) electrons. The number of thiophene rings is 1. The molecule has 1 heterocycles. The van der Waals surface area contributed by atoms with Gasteiger partial charge in [-0.2, -0.15) is 0 Å². The fourth-order valence-electron chi connectivity index (χ4n) is 2.64. The van der Waals surface area contributed by atoms with Crippen LogP contribution in [-0.4, -0.2) is 24.9 Å². The number of anilines is 1. The van der Waals surface area contributed by atoms with E-state index in [9.17, 15) is 14.4 Å². The van der Waals surface area contributed by atoms with Gasteiger partial charge in [0.2, 0.25) is 5.91 Å². The van der Waals surface area contributed by atoms with Crippen LogP contribution in [0.5, 0.6) is 0 Å². The molecule has 1 aromatic heterocycles. The van der Waals surface area contributed by atoms with Gasteiger partial charge in [0.25, 0.3) is 5.91 Å². The molecule has 0 unspecified atom stereocenters. The summed E-state index contributed by atoms with van der Waals surface area (Å²) in [6.07, 6.45) is 0.594. The normalized spacial score (nSPS) is 11.6. The average molecular weight is 360 g/mol. The molecule has 25 heavy (non-hydrogen) atoms. The Kier molecular flexibility index (Phi) is 5.93. The molecule has 3 N–H and O–H groups in total. The Bertz CT molecular complexity index is 799. The molecule has 132 valence electrons. The summed E-state index contributed by atoms with van der Waals surface area (Å²) in [5.41, 5.74) is 6.81. The smallest absolute Gasteiger partial charge is 0.341 e. The van der Waals surface area contributed by atoms with Gasteiger partial charge in [0.05, 0.1) is 23.5 Å². The van der Waals surface area contributed by atoms with Crippen molar-refractivity contribution in [3.63, 3.8) is 0 Å². The van der Waals surface area contributed by atoms with Crippen molar-refractivity contribution >= 4 is 34.1 Å². The van der Waals surface area contributed by atoms with E-state index >= 15 is 0 Å². The second-order valence-corrected chi connectivity index (χ2v) is 6.50. The lowest BCUT2D eigenvalue weighted by atomic mass is 9.95. The van der Waals surface area contributed by atoms with Gasteiger partial charge in [-0.15, -0.1) is 11.3 Å². The van der Waals surface area contributed by atoms with Gasteiger partial charge in [0.1, 0.15) is 5.00 Å². The van der Waals surface area contributed by atoms with Gasteiger partial charge in [0.15, 0.2) is 0 Å². The first-order valence-electron chi connectivity index (χ1n) is 7.78. The summed E-state index contributed by atoms with van der Waals surface area (Å²) in [5, 5.41) is 3.04. The number of ether oxygens (including phenoxy) is 1. The molecule has 0 spiro atoms. The average Bonchev–Trinajstić information content (AvgIpc) is 2.92. The SMILES string of the molecule is CC[C@@H](C(=O)Nc1sc(C(N)=O)c(C)c1C(=O)OC)c1ccccc1. The number of methoxy groups -OCH3 is 1. The summed E-state index contributed by atoms with van der Waals surface area (Å²) >= 11 is 0.982. The van der Waals surface area contributed by atoms with Crippen LogP contribution in [0.25, 0.3) is 0 Å². The van der Waals surface area contributed by atoms with Crippen molar-refractivity contribution in [2.45, 2.75) is 26.2 Å². The van der Waals surface area contributed by atoms with E-state index in [0.29, 0.717) is 12.0 Å². The molecular weight excluding hydrogens is 340 g/mol. The van der Waals surface area contributed by atoms with Crippen LogP contribution < -0.4 is 11.1 Å². The lowest BCUT2D eigenvalue weighted by Crippen LogP contribution is -2.21. The minimum atomic E-state index is -0.650. The van der Waals surface area contributed by atoms with Crippen molar-refractivity contribution in [3.8, 4) is 0 Å². The van der Waals surface area contributed by atoms with Crippen LogP contribution in [0, 0.1) is 6.92 Å². The molecule has 0 fully saturated rings. The Morgan fingerprint density at radius 2 is 1.88 bits per heavy atom. The van der Waals surface area contributed by atoms with Gasteiger partial charge in [0, 0.05) is 0 Å². The van der Waals surface area contributed by atoms with Crippen LogP contribution in [0.4, 0.5) is 5.00 Å². The van der Waals surface area contributed by atoms with Crippen LogP contribution in [0.15, 0.2) is 30.3 Å². The van der Waals surface area contributed by atoms with E-state index in [1.54, 1.807) is 6.92 Å². The van der Waals surface area contributed by atoms with Gasteiger partial charge >= 0.3 is 5.97 Å². The van der Waals surface area contributed by atoms with E-state index in [1.165, 1.54) is 7.11 Å². The standard InChI is InChI=1S/C18H20N2O4S/c1-4-12(11-8-6-5-7-9-11)16(22)20-17-13(18(23)24-3)10(2)14(25-17)15(19)21/h5-9,12H,4H2,1-3H3,(H2,19,21)(H,20,22)/t12-/m1/s1. The predicted octanol–water partition coefficient (Wildman–Crippen LogP) is 3.07. The minimum Gasteiger partial charge on any atom is -0.465 e. The van der Waals surface area contributed by atoms with Crippen molar-refractivity contribution in [1.29, 1.82) is 0 Å². The Morgan fingerprint density at radius 1 is 1.24 bits per heavy atom. The second kappa shape index (κ2) is 7.94. The number of esters is 1. The van der Waals surface area contributed by atoms with Gasteiger partial charge in [-0.1, -0.05) is 37.3 Å². The number of amides is 2. The quantitative estimate of drug-likeness (QED) is 0.773. The number of nitrogens with one attached hydrogen (secondary N) is 1. The van der Waals surface area contributed by atoms with E-state index in [1.807, 2.05) is 37.3 Å². The van der Waals surface area contributed by atoms with Crippen LogP contribution in [0.1, 0.15) is 50.4 Å². The highest BCUT2D eigenvalue weighted by Crippen LogP contribution is 2.34. The van der Waals surface area contributed by atoms with Gasteiger partial charge in [-0.05, 0) is 24.5 Å². The Labute approximate surface area is 150 Å². The van der Waals surface area contributed by atoms with Gasteiger partial charge in [-0.25, -0.2) is 4.79 Å². The molecule has 0 bridgehead atoms. The third-order valence-corrected chi connectivity index (χ3v) is 5.15. The Hall–Kier alpha value is -2.67. The monoisotopic (exact) mass is 360 g/mol. The van der Waals surface area contributed by atoms with Crippen molar-refractivity contribution in [2.75, 3.05) is 12.4 Å². The fraction of sp³-hybridized carbons (Fsp3) is 0.278. The Balaban J connectivity index is 2.38. The number of benzene rings is 1. The van der Waals surface area contributed by atoms with Crippen LogP contribution in [0.2, 0.25) is 0 Å². The molecule has 2 aromatic rings. The number of hydrogen-bond donors (Lipinski definition) is 2. The highest BCUT2D eigenvalue weighted by atomic mass is 32.1. The molecule has 7 heteroatoms. The van der Waals surface area contributed by atoms with Gasteiger partial charge < -0.3 is 15.8 Å². The largest absolute Gasteiger partial charge is 0.465 e.